The Labute approximate surface area is 114 Å². The van der Waals surface area contributed by atoms with E-state index >= 15 is 0 Å². The number of rotatable bonds is 1. The van der Waals surface area contributed by atoms with Gasteiger partial charge < -0.3 is 9.97 Å². The zero-order valence-electron chi connectivity index (χ0n) is 10.6. The number of hydrogen-bond acceptors (Lipinski definition) is 2. The van der Waals surface area contributed by atoms with E-state index in [9.17, 15) is 4.79 Å². The molecule has 0 radical (unpaired) electrons. The normalized spacial score (nSPS) is 11.2. The van der Waals surface area contributed by atoms with E-state index in [1.54, 1.807) is 0 Å². The topological polar surface area (TPSA) is 61.5 Å². The van der Waals surface area contributed by atoms with Gasteiger partial charge in [0, 0.05) is 23.3 Å². The molecule has 4 aromatic rings. The van der Waals surface area contributed by atoms with Gasteiger partial charge in [0.25, 0.3) is 0 Å². The molecule has 0 bridgehead atoms. The van der Waals surface area contributed by atoms with Gasteiger partial charge in [0.15, 0.2) is 0 Å². The predicted octanol–water partition coefficient (Wildman–Crippen LogP) is 3.07. The monoisotopic (exact) mass is 261 g/mol. The molecule has 0 aliphatic rings. The molecule has 20 heavy (non-hydrogen) atoms. The maximum atomic E-state index is 11.3. The van der Waals surface area contributed by atoms with Crippen molar-refractivity contribution in [2.45, 2.75) is 0 Å². The Kier molecular flexibility index (Phi) is 2.23. The molecule has 0 saturated carbocycles. The molecule has 0 fully saturated rings. The fourth-order valence-corrected chi connectivity index (χ4v) is 2.55. The van der Waals surface area contributed by atoms with Gasteiger partial charge >= 0.3 is 5.69 Å². The summed E-state index contributed by atoms with van der Waals surface area (Å²) in [5.74, 6) is 0. The Morgan fingerprint density at radius 2 is 1.75 bits per heavy atom. The Morgan fingerprint density at radius 1 is 0.900 bits per heavy atom. The number of aromatic amines is 2. The number of aromatic nitrogens is 3. The first-order valence-corrected chi connectivity index (χ1v) is 6.36. The average molecular weight is 261 g/mol. The number of H-pyrrole nitrogens is 2. The second kappa shape index (κ2) is 4.06. The van der Waals surface area contributed by atoms with Crippen molar-refractivity contribution in [1.29, 1.82) is 0 Å². The minimum atomic E-state index is -0.187. The molecular weight excluding hydrogens is 250 g/mol. The molecule has 2 aromatic heterocycles. The number of nitrogens with one attached hydrogen (secondary N) is 2. The third kappa shape index (κ3) is 1.62. The van der Waals surface area contributed by atoms with Crippen molar-refractivity contribution in [2.24, 2.45) is 0 Å². The molecule has 0 amide bonds. The van der Waals surface area contributed by atoms with Crippen LogP contribution >= 0.6 is 0 Å². The molecule has 4 heteroatoms. The van der Waals surface area contributed by atoms with E-state index in [1.807, 2.05) is 48.8 Å². The van der Waals surface area contributed by atoms with Crippen LogP contribution in [0, 0.1) is 0 Å². The van der Waals surface area contributed by atoms with Crippen molar-refractivity contribution in [1.82, 2.24) is 15.0 Å². The molecule has 96 valence electrons. The smallest absolute Gasteiger partial charge is 0.306 e. The highest BCUT2D eigenvalue weighted by Gasteiger charge is 2.06. The molecule has 0 aliphatic heterocycles. The zero-order chi connectivity index (χ0) is 13.5. The number of benzene rings is 2. The fraction of sp³-hybridized carbons (Fsp3) is 0. The van der Waals surface area contributed by atoms with Crippen LogP contribution in [0.3, 0.4) is 0 Å². The largest absolute Gasteiger partial charge is 0.323 e. The van der Waals surface area contributed by atoms with E-state index in [4.69, 9.17) is 0 Å². The highest BCUT2D eigenvalue weighted by atomic mass is 16.1. The molecule has 0 aliphatic carbocycles. The van der Waals surface area contributed by atoms with Crippen LogP contribution in [0.1, 0.15) is 0 Å². The van der Waals surface area contributed by atoms with E-state index in [1.165, 1.54) is 0 Å². The molecule has 2 aromatic carbocycles. The van der Waals surface area contributed by atoms with Gasteiger partial charge in [-0.15, -0.1) is 0 Å². The highest BCUT2D eigenvalue weighted by molar-refractivity contribution is 5.97. The second-order valence-corrected chi connectivity index (χ2v) is 4.75. The van der Waals surface area contributed by atoms with E-state index in [2.05, 4.69) is 21.0 Å². The number of nitrogens with zero attached hydrogens (tertiary/aromatic N) is 1. The minimum absolute atomic E-state index is 0.187. The van der Waals surface area contributed by atoms with Crippen LogP contribution in [0.5, 0.6) is 0 Å². The van der Waals surface area contributed by atoms with Crippen molar-refractivity contribution in [3.8, 4) is 11.1 Å². The lowest BCUT2D eigenvalue weighted by atomic mass is 10.0. The molecule has 2 N–H and O–H groups in total. The zero-order valence-corrected chi connectivity index (χ0v) is 10.6. The van der Waals surface area contributed by atoms with Crippen LogP contribution in [0.15, 0.2) is 59.7 Å². The summed E-state index contributed by atoms with van der Waals surface area (Å²) in [5.41, 5.74) is 3.53. The Hall–Kier alpha value is -2.88. The van der Waals surface area contributed by atoms with Crippen molar-refractivity contribution in [3.05, 3.63) is 65.3 Å². The first-order valence-electron chi connectivity index (χ1n) is 6.36. The van der Waals surface area contributed by atoms with E-state index in [-0.39, 0.29) is 5.69 Å². The van der Waals surface area contributed by atoms with E-state index in [0.29, 0.717) is 0 Å². The van der Waals surface area contributed by atoms with Crippen LogP contribution in [0.2, 0.25) is 0 Å². The lowest BCUT2D eigenvalue weighted by Crippen LogP contribution is -1.99. The molecule has 4 nitrogen and oxygen atoms in total. The molecule has 0 saturated heterocycles. The van der Waals surface area contributed by atoms with Crippen LogP contribution in [-0.2, 0) is 0 Å². The first-order chi connectivity index (χ1) is 9.81. The third-order valence-electron chi connectivity index (χ3n) is 3.50. The van der Waals surface area contributed by atoms with Gasteiger partial charge in [-0.2, -0.15) is 0 Å². The van der Waals surface area contributed by atoms with Gasteiger partial charge in [-0.1, -0.05) is 30.3 Å². The first kappa shape index (κ1) is 11.0. The van der Waals surface area contributed by atoms with Gasteiger partial charge in [-0.3, -0.25) is 4.98 Å². The summed E-state index contributed by atoms with van der Waals surface area (Å²) in [4.78, 5) is 21.2. The summed E-state index contributed by atoms with van der Waals surface area (Å²) >= 11 is 0. The van der Waals surface area contributed by atoms with Crippen molar-refractivity contribution in [2.75, 3.05) is 0 Å². The molecule has 4 rings (SSSR count). The number of hydrogen-bond donors (Lipinski definition) is 2. The van der Waals surface area contributed by atoms with Gasteiger partial charge in [-0.25, -0.2) is 4.79 Å². The summed E-state index contributed by atoms with van der Waals surface area (Å²) in [6, 6.07) is 14.0. The van der Waals surface area contributed by atoms with Crippen molar-refractivity contribution >= 4 is 21.8 Å². The Balaban J connectivity index is 2.03. The van der Waals surface area contributed by atoms with Crippen molar-refractivity contribution < 1.29 is 0 Å². The van der Waals surface area contributed by atoms with Gasteiger partial charge in [0.1, 0.15) is 0 Å². The summed E-state index contributed by atoms with van der Waals surface area (Å²) < 4.78 is 0. The molecule has 0 spiro atoms. The summed E-state index contributed by atoms with van der Waals surface area (Å²) in [7, 11) is 0. The Bertz CT molecular complexity index is 976. The van der Waals surface area contributed by atoms with Crippen LogP contribution in [0.4, 0.5) is 0 Å². The molecule has 0 atom stereocenters. The second-order valence-electron chi connectivity index (χ2n) is 4.75. The van der Waals surface area contributed by atoms with Crippen LogP contribution in [0.25, 0.3) is 32.9 Å². The number of fused-ring (bicyclic) bond motifs is 2. The Morgan fingerprint density at radius 3 is 2.70 bits per heavy atom. The fourth-order valence-electron chi connectivity index (χ4n) is 2.55. The summed E-state index contributed by atoms with van der Waals surface area (Å²) in [5, 5.41) is 2.26. The van der Waals surface area contributed by atoms with Gasteiger partial charge in [0.05, 0.1) is 11.0 Å². The van der Waals surface area contributed by atoms with Gasteiger partial charge in [0.2, 0.25) is 0 Å². The number of imidazole rings is 1. The molecular formula is C16H11N3O. The van der Waals surface area contributed by atoms with Crippen LogP contribution in [-0.4, -0.2) is 15.0 Å². The standard InChI is InChI=1S/C16H11N3O/c20-16-18-14-6-5-10(7-15(14)19-16)13-9-17-8-11-3-1-2-4-12(11)13/h1-9H,(H2,18,19,20). The predicted molar refractivity (Wildman–Crippen MR) is 79.7 cm³/mol. The SMILES string of the molecule is O=c1[nH]c2ccc(-c3cncc4ccccc34)cc2[nH]1. The summed E-state index contributed by atoms with van der Waals surface area (Å²) in [6.07, 6.45) is 3.71. The highest BCUT2D eigenvalue weighted by Crippen LogP contribution is 2.28. The number of pyridine rings is 1. The maximum Gasteiger partial charge on any atom is 0.323 e. The molecule has 2 heterocycles. The molecule has 0 unspecified atom stereocenters. The third-order valence-corrected chi connectivity index (χ3v) is 3.50. The van der Waals surface area contributed by atoms with Crippen molar-refractivity contribution in [3.63, 3.8) is 0 Å². The van der Waals surface area contributed by atoms with E-state index in [0.717, 1.165) is 32.9 Å². The van der Waals surface area contributed by atoms with E-state index < -0.39 is 0 Å². The van der Waals surface area contributed by atoms with Crippen LogP contribution < -0.4 is 5.69 Å². The minimum Gasteiger partial charge on any atom is -0.306 e. The van der Waals surface area contributed by atoms with Gasteiger partial charge in [-0.05, 0) is 23.1 Å². The maximum absolute atomic E-state index is 11.3. The quantitative estimate of drug-likeness (QED) is 0.553. The summed E-state index contributed by atoms with van der Waals surface area (Å²) in [6.45, 7) is 0. The lowest BCUT2D eigenvalue weighted by molar-refractivity contribution is 1.22. The average Bonchev–Trinajstić information content (AvgIpc) is 2.85. The lowest BCUT2D eigenvalue weighted by Gasteiger charge is -2.06.